The zero-order valence-electron chi connectivity index (χ0n) is 13.3. The highest BCUT2D eigenvalue weighted by Gasteiger charge is 2.25. The predicted molar refractivity (Wildman–Crippen MR) is 84.8 cm³/mol. The van der Waals surface area contributed by atoms with E-state index in [1.165, 1.54) is 12.1 Å². The normalized spacial score (nSPS) is 17.4. The van der Waals surface area contributed by atoms with Gasteiger partial charge in [-0.2, -0.15) is 5.10 Å². The summed E-state index contributed by atoms with van der Waals surface area (Å²) in [6, 6.07) is 6.43. The number of anilines is 1. The Hall–Kier alpha value is -2.21. The number of nitrogens with one attached hydrogen (secondary N) is 1. The van der Waals surface area contributed by atoms with Crippen molar-refractivity contribution >= 4 is 11.6 Å². The molecule has 0 bridgehead atoms. The van der Waals surface area contributed by atoms with Crippen molar-refractivity contribution in [3.05, 3.63) is 47.0 Å². The first kappa shape index (κ1) is 15.7. The molecule has 1 fully saturated rings. The predicted octanol–water partition coefficient (Wildman–Crippen LogP) is 2.80. The molecule has 0 aliphatic carbocycles. The van der Waals surface area contributed by atoms with Gasteiger partial charge in [-0.3, -0.25) is 9.48 Å². The lowest BCUT2D eigenvalue weighted by Gasteiger charge is -2.11. The first-order valence-corrected chi connectivity index (χ1v) is 7.75. The van der Waals surface area contributed by atoms with Crippen LogP contribution in [0.15, 0.2) is 24.3 Å². The average molecular weight is 317 g/mol. The highest BCUT2D eigenvalue weighted by molar-refractivity contribution is 5.95. The van der Waals surface area contributed by atoms with Crippen molar-refractivity contribution in [2.75, 3.05) is 11.9 Å². The minimum absolute atomic E-state index is 0.126. The van der Waals surface area contributed by atoms with Gasteiger partial charge in [0.2, 0.25) is 0 Å². The molecule has 0 unspecified atom stereocenters. The van der Waals surface area contributed by atoms with E-state index in [2.05, 4.69) is 10.4 Å². The maximum Gasteiger partial charge on any atom is 0.253 e. The molecule has 122 valence electrons. The zero-order valence-corrected chi connectivity index (χ0v) is 13.3. The lowest BCUT2D eigenvalue weighted by Crippen LogP contribution is -2.27. The van der Waals surface area contributed by atoms with Gasteiger partial charge in [-0.1, -0.05) is 12.1 Å². The van der Waals surface area contributed by atoms with Gasteiger partial charge in [0.25, 0.3) is 5.91 Å². The number of benzene rings is 1. The molecule has 6 heteroatoms. The molecule has 0 spiro atoms. The zero-order chi connectivity index (χ0) is 16.4. The van der Waals surface area contributed by atoms with Crippen LogP contribution >= 0.6 is 0 Å². The van der Waals surface area contributed by atoms with Crippen LogP contribution in [0.4, 0.5) is 10.1 Å². The molecule has 1 aliphatic rings. The maximum absolute atomic E-state index is 13.3. The summed E-state index contributed by atoms with van der Waals surface area (Å²) < 4.78 is 20.5. The average Bonchev–Trinajstić information content (AvgIpc) is 3.12. The Bertz CT molecular complexity index is 721. The fourth-order valence-corrected chi connectivity index (χ4v) is 2.83. The molecule has 1 aromatic carbocycles. The van der Waals surface area contributed by atoms with E-state index in [0.29, 0.717) is 18.8 Å². The van der Waals surface area contributed by atoms with E-state index in [1.807, 2.05) is 19.9 Å². The van der Waals surface area contributed by atoms with Crippen LogP contribution in [0.1, 0.15) is 29.8 Å². The van der Waals surface area contributed by atoms with Gasteiger partial charge >= 0.3 is 0 Å². The van der Waals surface area contributed by atoms with Crippen LogP contribution in [0.3, 0.4) is 0 Å². The third kappa shape index (κ3) is 3.42. The van der Waals surface area contributed by atoms with Gasteiger partial charge in [-0.05, 0) is 44.4 Å². The molecule has 1 aliphatic heterocycles. The second kappa shape index (κ2) is 6.50. The summed E-state index contributed by atoms with van der Waals surface area (Å²) in [6.07, 6.45) is 1.29. The summed E-state index contributed by atoms with van der Waals surface area (Å²) in [4.78, 5) is 12.2. The van der Waals surface area contributed by atoms with Crippen molar-refractivity contribution in [1.29, 1.82) is 0 Å². The highest BCUT2D eigenvalue weighted by Crippen LogP contribution is 2.22. The van der Waals surface area contributed by atoms with Gasteiger partial charge in [-0.15, -0.1) is 0 Å². The summed E-state index contributed by atoms with van der Waals surface area (Å²) in [7, 11) is 0. The largest absolute Gasteiger partial charge is 0.368 e. The van der Waals surface area contributed by atoms with Crippen molar-refractivity contribution in [2.24, 2.45) is 0 Å². The Morgan fingerprint density at radius 1 is 1.48 bits per heavy atom. The van der Waals surface area contributed by atoms with E-state index < -0.39 is 0 Å². The Morgan fingerprint density at radius 3 is 3.00 bits per heavy atom. The molecule has 1 aromatic heterocycles. The third-order valence-corrected chi connectivity index (χ3v) is 4.07. The van der Waals surface area contributed by atoms with Crippen LogP contribution in [0.25, 0.3) is 0 Å². The molecule has 1 saturated heterocycles. The van der Waals surface area contributed by atoms with Gasteiger partial charge in [0.05, 0.1) is 23.6 Å². The molecule has 2 aromatic rings. The van der Waals surface area contributed by atoms with Gasteiger partial charge in [-0.25, -0.2) is 4.39 Å². The van der Waals surface area contributed by atoms with E-state index in [1.54, 1.807) is 10.7 Å². The summed E-state index contributed by atoms with van der Waals surface area (Å²) in [5, 5.41) is 7.37. The SMILES string of the molecule is Cc1nn(Cc2cccc(F)c2)c(C)c1NC(=O)[C@@H]1CCCO1. The second-order valence-electron chi connectivity index (χ2n) is 5.82. The van der Waals surface area contributed by atoms with Gasteiger partial charge < -0.3 is 10.1 Å². The third-order valence-electron chi connectivity index (χ3n) is 4.07. The van der Waals surface area contributed by atoms with E-state index in [-0.39, 0.29) is 17.8 Å². The number of hydrogen-bond donors (Lipinski definition) is 1. The standard InChI is InChI=1S/C17H20FN3O2/c1-11-16(19-17(22)15-7-4-8-23-15)12(2)21(20-11)10-13-5-3-6-14(18)9-13/h3,5-6,9,15H,4,7-8,10H2,1-2H3,(H,19,22)/t15-/m0/s1. The molecule has 23 heavy (non-hydrogen) atoms. The number of hydrogen-bond acceptors (Lipinski definition) is 3. The lowest BCUT2D eigenvalue weighted by molar-refractivity contribution is -0.124. The number of halogens is 1. The van der Waals surface area contributed by atoms with Crippen LogP contribution in [-0.2, 0) is 16.1 Å². The Labute approximate surface area is 134 Å². The maximum atomic E-state index is 13.3. The molecule has 5 nitrogen and oxygen atoms in total. The number of nitrogens with zero attached hydrogens (tertiary/aromatic N) is 2. The summed E-state index contributed by atoms with van der Waals surface area (Å²) in [6.45, 7) is 4.83. The first-order chi connectivity index (χ1) is 11.0. The number of rotatable bonds is 4. The number of aromatic nitrogens is 2. The molecular formula is C17H20FN3O2. The topological polar surface area (TPSA) is 56.2 Å². The number of carbonyl (C=O) groups is 1. The lowest BCUT2D eigenvalue weighted by atomic mass is 10.2. The molecule has 0 saturated carbocycles. The highest BCUT2D eigenvalue weighted by atomic mass is 19.1. The van der Waals surface area contributed by atoms with Crippen LogP contribution in [0.2, 0.25) is 0 Å². The van der Waals surface area contributed by atoms with Crippen molar-refractivity contribution in [1.82, 2.24) is 9.78 Å². The molecule has 3 rings (SSSR count). The molecule has 1 amide bonds. The summed E-state index contributed by atoms with van der Waals surface area (Å²) in [5.74, 6) is -0.394. The first-order valence-electron chi connectivity index (χ1n) is 7.75. The summed E-state index contributed by atoms with van der Waals surface area (Å²) >= 11 is 0. The van der Waals surface area contributed by atoms with E-state index in [4.69, 9.17) is 4.74 Å². The Kier molecular flexibility index (Phi) is 4.43. The van der Waals surface area contributed by atoms with E-state index in [0.717, 1.165) is 29.8 Å². The number of carbonyl (C=O) groups excluding carboxylic acids is 1. The van der Waals surface area contributed by atoms with Gasteiger partial charge in [0, 0.05) is 6.61 Å². The molecule has 2 heterocycles. The monoisotopic (exact) mass is 317 g/mol. The summed E-state index contributed by atoms with van der Waals surface area (Å²) in [5.41, 5.74) is 3.12. The smallest absolute Gasteiger partial charge is 0.253 e. The fraction of sp³-hybridized carbons (Fsp3) is 0.412. The van der Waals surface area contributed by atoms with Crippen molar-refractivity contribution in [3.63, 3.8) is 0 Å². The Balaban J connectivity index is 1.77. The van der Waals surface area contributed by atoms with Crippen LogP contribution < -0.4 is 5.32 Å². The van der Waals surface area contributed by atoms with E-state index >= 15 is 0 Å². The minimum Gasteiger partial charge on any atom is -0.368 e. The second-order valence-corrected chi connectivity index (χ2v) is 5.82. The molecular weight excluding hydrogens is 297 g/mol. The van der Waals surface area contributed by atoms with Crippen molar-refractivity contribution < 1.29 is 13.9 Å². The van der Waals surface area contributed by atoms with Gasteiger partial charge in [0.1, 0.15) is 11.9 Å². The Morgan fingerprint density at radius 2 is 2.30 bits per heavy atom. The number of amides is 1. The minimum atomic E-state index is -0.375. The quantitative estimate of drug-likeness (QED) is 0.943. The number of aryl methyl sites for hydroxylation is 1. The van der Waals surface area contributed by atoms with Crippen LogP contribution in [0, 0.1) is 19.7 Å². The van der Waals surface area contributed by atoms with E-state index in [9.17, 15) is 9.18 Å². The van der Waals surface area contributed by atoms with Crippen LogP contribution in [0.5, 0.6) is 0 Å². The fourth-order valence-electron chi connectivity index (χ4n) is 2.83. The van der Waals surface area contributed by atoms with Crippen molar-refractivity contribution in [2.45, 2.75) is 39.3 Å². The van der Waals surface area contributed by atoms with Gasteiger partial charge in [0.15, 0.2) is 0 Å². The molecule has 0 radical (unpaired) electrons. The molecule has 1 N–H and O–H groups in total. The molecule has 1 atom stereocenters. The number of ether oxygens (including phenoxy) is 1. The van der Waals surface area contributed by atoms with Crippen LogP contribution in [-0.4, -0.2) is 28.4 Å². The van der Waals surface area contributed by atoms with Crippen molar-refractivity contribution in [3.8, 4) is 0 Å².